The average Bonchev–Trinajstić information content (AvgIpc) is 2.92. The molecule has 0 aromatic heterocycles. The summed E-state index contributed by atoms with van der Waals surface area (Å²) in [6, 6.07) is 0. The van der Waals surface area contributed by atoms with Gasteiger partial charge in [0.15, 0.2) is 32.5 Å². The Labute approximate surface area is 167 Å². The van der Waals surface area contributed by atoms with Crippen LogP contribution in [0, 0.1) is 40.5 Å². The Morgan fingerprint density at radius 3 is 1.23 bits per heavy atom. The maximum atomic E-state index is 11.5. The molecule has 139 valence electrons. The molecular formula is C7H9N10O8Y-. The minimum absolute atomic E-state index is 0. The number of hydrazine groups is 4. The van der Waals surface area contributed by atoms with Gasteiger partial charge in [-0.1, -0.05) is 10.0 Å². The molecule has 0 spiro atoms. The molecule has 5 rings (SSSR count). The summed E-state index contributed by atoms with van der Waals surface area (Å²) < 4.78 is 0. The van der Waals surface area contributed by atoms with Crippen molar-refractivity contribution >= 4 is 0 Å². The van der Waals surface area contributed by atoms with E-state index >= 15 is 0 Å². The first-order valence-corrected chi connectivity index (χ1v) is 6.81. The molecular weight excluding hydrogens is 441 g/mol. The first kappa shape index (κ1) is 18.6. The van der Waals surface area contributed by atoms with E-state index in [1.165, 1.54) is 7.05 Å². The smallest absolute Gasteiger partial charge is 0.267 e. The molecule has 0 aromatic carbocycles. The quantitative estimate of drug-likeness (QED) is 0.316. The predicted molar refractivity (Wildman–Crippen MR) is 69.2 cm³/mol. The second-order valence-electron chi connectivity index (χ2n) is 5.77. The molecule has 5 fully saturated rings. The third kappa shape index (κ3) is 1.94. The van der Waals surface area contributed by atoms with Gasteiger partial charge in [0.25, 0.3) is 12.3 Å². The van der Waals surface area contributed by atoms with Crippen LogP contribution in [0.4, 0.5) is 0 Å². The second kappa shape index (κ2) is 5.66. The number of likely N-dealkylation sites (N-methyl/N-ethyl adjacent to an activating group) is 1. The van der Waals surface area contributed by atoms with E-state index in [0.717, 1.165) is 4.90 Å². The van der Waals surface area contributed by atoms with E-state index in [1.54, 1.807) is 0 Å². The van der Waals surface area contributed by atoms with Crippen LogP contribution in [0.15, 0.2) is 0 Å². The molecule has 18 nitrogen and oxygen atoms in total. The van der Waals surface area contributed by atoms with Gasteiger partial charge in [-0.05, 0) is 7.05 Å². The Morgan fingerprint density at radius 1 is 0.654 bits per heavy atom. The molecule has 0 amide bonds. The number of nitrogens with zero attached hydrogens (tertiary/aromatic N) is 10. The predicted octanol–water partition coefficient (Wildman–Crippen LogP) is -2.72. The molecule has 6 atom stereocenters. The van der Waals surface area contributed by atoms with Crippen LogP contribution < -0.4 is 0 Å². The van der Waals surface area contributed by atoms with Gasteiger partial charge < -0.3 is 5.32 Å². The van der Waals surface area contributed by atoms with Crippen LogP contribution in [0.5, 0.6) is 0 Å². The largest absolute Gasteiger partial charge is 0.606 e. The van der Waals surface area contributed by atoms with Gasteiger partial charge in [0.1, 0.15) is 0 Å². The van der Waals surface area contributed by atoms with Crippen molar-refractivity contribution in [1.82, 2.24) is 24.9 Å². The van der Waals surface area contributed by atoms with Gasteiger partial charge in [0.2, 0.25) is 0 Å². The molecule has 6 unspecified atom stereocenters. The normalized spacial score (nSPS) is 37.0. The summed E-state index contributed by atoms with van der Waals surface area (Å²) in [5.74, 6) is 0. The standard InChI is InChI=1S/C7H9N10O8.Y/c1-9-4-2-8-3-5(9)13(17(24)25)7(11(3)15(20)21)6(10(2)14(18)19)12(4)16(22)23;/h2-7H,1H3;/q-1;. The summed E-state index contributed by atoms with van der Waals surface area (Å²) in [5, 5.41) is 47.7. The van der Waals surface area contributed by atoms with E-state index in [-0.39, 0.29) is 32.7 Å². The van der Waals surface area contributed by atoms with E-state index in [4.69, 9.17) is 0 Å². The third-order valence-corrected chi connectivity index (χ3v) is 4.86. The van der Waals surface area contributed by atoms with Crippen molar-refractivity contribution in [2.75, 3.05) is 7.05 Å². The van der Waals surface area contributed by atoms with E-state index in [1.807, 2.05) is 0 Å². The molecule has 5 saturated heterocycles. The molecule has 1 radical (unpaired) electrons. The first-order valence-electron chi connectivity index (χ1n) is 6.81. The van der Waals surface area contributed by atoms with Crippen molar-refractivity contribution in [2.24, 2.45) is 0 Å². The number of hydrogen-bond acceptors (Lipinski definition) is 9. The van der Waals surface area contributed by atoms with Gasteiger partial charge in [0.05, 0.1) is 0 Å². The molecule has 19 heteroatoms. The van der Waals surface area contributed by atoms with Crippen molar-refractivity contribution < 1.29 is 52.8 Å². The molecule has 5 aliphatic rings. The monoisotopic (exact) mass is 450 g/mol. The summed E-state index contributed by atoms with van der Waals surface area (Å²) in [7, 11) is 1.28. The maximum Gasteiger partial charge on any atom is 0.267 e. The number of piperazine rings is 1. The van der Waals surface area contributed by atoms with E-state index in [2.05, 4.69) is 5.32 Å². The van der Waals surface area contributed by atoms with Crippen LogP contribution in [0.1, 0.15) is 0 Å². The van der Waals surface area contributed by atoms with Crippen LogP contribution in [0.2, 0.25) is 0 Å². The zero-order chi connectivity index (χ0) is 18.4. The number of hydrogen-bond donors (Lipinski definition) is 0. The Bertz CT molecular complexity index is 653. The van der Waals surface area contributed by atoms with E-state index in [0.29, 0.717) is 20.0 Å². The first-order chi connectivity index (χ1) is 11.7. The van der Waals surface area contributed by atoms with Crippen LogP contribution in [0.3, 0.4) is 0 Å². The van der Waals surface area contributed by atoms with Gasteiger partial charge in [-0.2, -0.15) is 0 Å². The second-order valence-corrected chi connectivity index (χ2v) is 5.77. The number of nitro groups is 4. The Kier molecular flexibility index (Phi) is 4.05. The summed E-state index contributed by atoms with van der Waals surface area (Å²) in [5.41, 5.74) is 0. The van der Waals surface area contributed by atoms with Crippen molar-refractivity contribution in [3.63, 3.8) is 0 Å². The zero-order valence-corrected chi connectivity index (χ0v) is 15.6. The fraction of sp³-hybridized carbons (Fsp3) is 1.00. The SMILES string of the molecule is CN1C2C3[N-]C4C1N([N+](=O)[O-])C(C(N3[N+](=O)[O-])N2[N+](=O)[O-])N4[N+](=O)[O-].[Y]. The minimum atomic E-state index is -1.88. The van der Waals surface area contributed by atoms with Crippen molar-refractivity contribution in [2.45, 2.75) is 37.0 Å². The van der Waals surface area contributed by atoms with E-state index in [9.17, 15) is 40.5 Å². The fourth-order valence-corrected chi connectivity index (χ4v) is 4.13. The molecule has 5 aliphatic heterocycles. The Hall–Kier alpha value is -2.18. The number of rotatable bonds is 4. The molecule has 5 heterocycles. The van der Waals surface area contributed by atoms with Crippen LogP contribution in [-0.4, -0.2) is 89.1 Å². The average molecular weight is 450 g/mol. The van der Waals surface area contributed by atoms with E-state index < -0.39 is 57.1 Å². The summed E-state index contributed by atoms with van der Waals surface area (Å²) in [6.07, 6.45) is -9.05. The molecule has 26 heavy (non-hydrogen) atoms. The summed E-state index contributed by atoms with van der Waals surface area (Å²) in [4.78, 5) is 47.1. The van der Waals surface area contributed by atoms with Crippen LogP contribution in [-0.2, 0) is 32.7 Å². The van der Waals surface area contributed by atoms with Gasteiger partial charge in [-0.15, -0.1) is 10.0 Å². The molecule has 6 bridgehead atoms. The van der Waals surface area contributed by atoms with Crippen LogP contribution in [0.25, 0.3) is 5.32 Å². The van der Waals surface area contributed by atoms with Crippen molar-refractivity contribution in [3.8, 4) is 0 Å². The van der Waals surface area contributed by atoms with Gasteiger partial charge >= 0.3 is 0 Å². The van der Waals surface area contributed by atoms with Gasteiger partial charge in [0, 0.05) is 45.0 Å². The zero-order valence-electron chi connectivity index (χ0n) is 12.8. The Morgan fingerprint density at radius 2 is 0.962 bits per heavy atom. The third-order valence-electron chi connectivity index (χ3n) is 4.86. The fourth-order valence-electron chi connectivity index (χ4n) is 4.13. The molecule has 0 saturated carbocycles. The van der Waals surface area contributed by atoms with Crippen molar-refractivity contribution in [3.05, 3.63) is 45.8 Å². The maximum absolute atomic E-state index is 11.5. The van der Waals surface area contributed by atoms with Crippen LogP contribution >= 0.6 is 0 Å². The molecule has 0 N–H and O–H groups in total. The minimum Gasteiger partial charge on any atom is -0.606 e. The topological polar surface area (TPSA) is 203 Å². The van der Waals surface area contributed by atoms with Gasteiger partial charge in [-0.3, -0.25) is 4.90 Å². The van der Waals surface area contributed by atoms with Gasteiger partial charge in [-0.25, -0.2) is 40.5 Å². The Balaban J connectivity index is 0.00000196. The molecule has 0 aromatic rings. The molecule has 0 aliphatic carbocycles. The summed E-state index contributed by atoms with van der Waals surface area (Å²) >= 11 is 0. The summed E-state index contributed by atoms with van der Waals surface area (Å²) in [6.45, 7) is 0. The van der Waals surface area contributed by atoms with Crippen molar-refractivity contribution in [1.29, 1.82) is 0 Å².